The van der Waals surface area contributed by atoms with Crippen molar-refractivity contribution in [2.75, 3.05) is 0 Å². The minimum absolute atomic E-state index is 0.789. The van der Waals surface area contributed by atoms with Gasteiger partial charge in [-0.3, -0.25) is 0 Å². The molecular formula is C31H50. The van der Waals surface area contributed by atoms with Gasteiger partial charge >= 0.3 is 0 Å². The van der Waals surface area contributed by atoms with Crippen LogP contribution in [0.5, 0.6) is 0 Å². The van der Waals surface area contributed by atoms with Gasteiger partial charge in [-0.1, -0.05) is 165 Å². The van der Waals surface area contributed by atoms with Crippen LogP contribution >= 0.6 is 0 Å². The molecule has 0 amide bonds. The quantitative estimate of drug-likeness (QED) is 0.197. The van der Waals surface area contributed by atoms with Crippen molar-refractivity contribution in [3.63, 3.8) is 0 Å². The van der Waals surface area contributed by atoms with Gasteiger partial charge in [0.05, 0.1) is 0 Å². The van der Waals surface area contributed by atoms with Crippen molar-refractivity contribution in [2.45, 2.75) is 129 Å². The normalized spacial score (nSPS) is 12.5. The van der Waals surface area contributed by atoms with Crippen molar-refractivity contribution in [3.05, 3.63) is 48.0 Å². The van der Waals surface area contributed by atoms with Gasteiger partial charge in [0, 0.05) is 0 Å². The largest absolute Gasteiger partial charge is 0.0654 e. The maximum atomic E-state index is 2.44. The van der Waals surface area contributed by atoms with Crippen LogP contribution in [0, 0.1) is 5.92 Å². The molecule has 0 saturated heterocycles. The van der Waals surface area contributed by atoms with Gasteiger partial charge in [0.1, 0.15) is 0 Å². The standard InChI is InChI=1S/C31H50/c1-3-4-5-6-7-8-9-10-11-12-13-14-15-16-17-18-22-28(2)27-30-25-21-24-29-23-19-20-26-31(29)30/h19-21,23-26,28H,3-18,22,27H2,1-2H3. The Morgan fingerprint density at radius 2 is 1.03 bits per heavy atom. The molecule has 2 aromatic rings. The lowest BCUT2D eigenvalue weighted by molar-refractivity contribution is 0.477. The molecule has 0 bridgehead atoms. The summed E-state index contributed by atoms with van der Waals surface area (Å²) < 4.78 is 0. The average Bonchev–Trinajstić information content (AvgIpc) is 2.79. The Hall–Kier alpha value is -1.30. The second kappa shape index (κ2) is 17.3. The van der Waals surface area contributed by atoms with Gasteiger partial charge in [0.25, 0.3) is 0 Å². The fourth-order valence-electron chi connectivity index (χ4n) is 4.99. The summed E-state index contributed by atoms with van der Waals surface area (Å²) in [5, 5.41) is 2.83. The van der Waals surface area contributed by atoms with Crippen molar-refractivity contribution in [3.8, 4) is 0 Å². The van der Waals surface area contributed by atoms with Crippen molar-refractivity contribution in [1.82, 2.24) is 0 Å². The molecule has 1 unspecified atom stereocenters. The summed E-state index contributed by atoms with van der Waals surface area (Å²) in [5.41, 5.74) is 1.53. The number of hydrogen-bond acceptors (Lipinski definition) is 0. The molecule has 0 aromatic heterocycles. The van der Waals surface area contributed by atoms with Gasteiger partial charge in [-0.25, -0.2) is 0 Å². The Morgan fingerprint density at radius 1 is 0.548 bits per heavy atom. The molecule has 0 heteroatoms. The van der Waals surface area contributed by atoms with Crippen LogP contribution in [0.25, 0.3) is 10.8 Å². The summed E-state index contributed by atoms with van der Waals surface area (Å²) in [4.78, 5) is 0. The SMILES string of the molecule is CCCCCCCCCCCCCCCCCCC(C)Cc1cccc2ccccc12. The van der Waals surface area contributed by atoms with Crippen LogP contribution in [0.3, 0.4) is 0 Å². The van der Waals surface area contributed by atoms with Crippen molar-refractivity contribution in [2.24, 2.45) is 5.92 Å². The van der Waals surface area contributed by atoms with E-state index in [1.54, 1.807) is 0 Å². The van der Waals surface area contributed by atoms with Crippen molar-refractivity contribution < 1.29 is 0 Å². The highest BCUT2D eigenvalue weighted by Crippen LogP contribution is 2.23. The molecule has 0 nitrogen and oxygen atoms in total. The maximum absolute atomic E-state index is 2.44. The lowest BCUT2D eigenvalue weighted by Gasteiger charge is -2.13. The number of unbranched alkanes of at least 4 members (excludes halogenated alkanes) is 15. The van der Waals surface area contributed by atoms with E-state index >= 15 is 0 Å². The molecular weight excluding hydrogens is 372 g/mol. The first-order valence-electron chi connectivity index (χ1n) is 13.8. The number of hydrogen-bond donors (Lipinski definition) is 0. The summed E-state index contributed by atoms with van der Waals surface area (Å²) in [6.07, 6.45) is 25.8. The third-order valence-electron chi connectivity index (χ3n) is 7.00. The third-order valence-corrected chi connectivity index (χ3v) is 7.00. The second-order valence-corrected chi connectivity index (χ2v) is 10.0. The minimum Gasteiger partial charge on any atom is -0.0654 e. The molecule has 0 fully saturated rings. The summed E-state index contributed by atoms with van der Waals surface area (Å²) in [5.74, 6) is 0.789. The Balaban J connectivity index is 1.39. The van der Waals surface area contributed by atoms with E-state index in [9.17, 15) is 0 Å². The van der Waals surface area contributed by atoms with Gasteiger partial charge < -0.3 is 0 Å². The molecule has 2 rings (SSSR count). The van der Waals surface area contributed by atoms with Crippen LogP contribution in [0.4, 0.5) is 0 Å². The fraction of sp³-hybridized carbons (Fsp3) is 0.677. The highest BCUT2D eigenvalue weighted by molar-refractivity contribution is 5.85. The Bertz CT molecular complexity index is 665. The first kappa shape index (κ1) is 26.0. The summed E-state index contributed by atoms with van der Waals surface area (Å²) in [6, 6.07) is 15.6. The molecule has 174 valence electrons. The predicted molar refractivity (Wildman–Crippen MR) is 141 cm³/mol. The number of fused-ring (bicyclic) bond motifs is 1. The van der Waals surface area contributed by atoms with E-state index in [2.05, 4.69) is 56.3 Å². The molecule has 0 aliphatic carbocycles. The maximum Gasteiger partial charge on any atom is -0.0152 e. The van der Waals surface area contributed by atoms with Gasteiger partial charge in [0.15, 0.2) is 0 Å². The molecule has 0 saturated carbocycles. The van der Waals surface area contributed by atoms with E-state index in [4.69, 9.17) is 0 Å². The van der Waals surface area contributed by atoms with Gasteiger partial charge in [-0.2, -0.15) is 0 Å². The van der Waals surface area contributed by atoms with E-state index in [0.717, 1.165) is 5.92 Å². The third kappa shape index (κ3) is 11.8. The van der Waals surface area contributed by atoms with Crippen LogP contribution in [0.2, 0.25) is 0 Å². The monoisotopic (exact) mass is 422 g/mol. The van der Waals surface area contributed by atoms with Crippen LogP contribution in [0.1, 0.15) is 129 Å². The zero-order chi connectivity index (χ0) is 22.0. The average molecular weight is 423 g/mol. The van der Waals surface area contributed by atoms with E-state index in [-0.39, 0.29) is 0 Å². The molecule has 0 aliphatic heterocycles. The Morgan fingerprint density at radius 3 is 1.61 bits per heavy atom. The van der Waals surface area contributed by atoms with Crippen molar-refractivity contribution in [1.29, 1.82) is 0 Å². The molecule has 1 atom stereocenters. The second-order valence-electron chi connectivity index (χ2n) is 10.0. The van der Waals surface area contributed by atoms with Crippen LogP contribution < -0.4 is 0 Å². The number of benzene rings is 2. The zero-order valence-corrected chi connectivity index (χ0v) is 20.8. The highest BCUT2D eigenvalue weighted by Gasteiger charge is 2.07. The fourth-order valence-corrected chi connectivity index (χ4v) is 4.99. The Kier molecular flexibility index (Phi) is 14.5. The first-order valence-corrected chi connectivity index (χ1v) is 13.8. The molecule has 0 aliphatic rings. The Labute approximate surface area is 194 Å². The number of rotatable bonds is 19. The van der Waals surface area contributed by atoms with Crippen LogP contribution in [-0.4, -0.2) is 0 Å². The topological polar surface area (TPSA) is 0 Å². The summed E-state index contributed by atoms with van der Waals surface area (Å²) in [6.45, 7) is 4.74. The van der Waals surface area contributed by atoms with Gasteiger partial charge in [-0.15, -0.1) is 0 Å². The van der Waals surface area contributed by atoms with Crippen LogP contribution in [0.15, 0.2) is 42.5 Å². The lowest BCUT2D eigenvalue weighted by Crippen LogP contribution is -2.00. The van der Waals surface area contributed by atoms with Gasteiger partial charge in [0.2, 0.25) is 0 Å². The van der Waals surface area contributed by atoms with Crippen molar-refractivity contribution >= 4 is 10.8 Å². The minimum atomic E-state index is 0.789. The van der Waals surface area contributed by atoms with E-state index in [0.29, 0.717) is 0 Å². The molecule has 0 heterocycles. The first-order chi connectivity index (χ1) is 15.3. The smallest absolute Gasteiger partial charge is 0.0152 e. The zero-order valence-electron chi connectivity index (χ0n) is 20.8. The highest BCUT2D eigenvalue weighted by atomic mass is 14.1. The van der Waals surface area contributed by atoms with E-state index in [1.165, 1.54) is 132 Å². The van der Waals surface area contributed by atoms with E-state index < -0.39 is 0 Å². The summed E-state index contributed by atoms with van der Waals surface area (Å²) >= 11 is 0. The molecule has 0 N–H and O–H groups in total. The lowest BCUT2D eigenvalue weighted by atomic mass is 9.92. The van der Waals surface area contributed by atoms with Gasteiger partial charge in [-0.05, 0) is 28.7 Å². The molecule has 31 heavy (non-hydrogen) atoms. The summed E-state index contributed by atoms with van der Waals surface area (Å²) in [7, 11) is 0. The van der Waals surface area contributed by atoms with Crippen LogP contribution in [-0.2, 0) is 6.42 Å². The van der Waals surface area contributed by atoms with E-state index in [1.807, 2.05) is 0 Å². The molecule has 0 spiro atoms. The predicted octanol–water partition coefficient (Wildman–Crippen LogP) is 10.7. The molecule has 2 aromatic carbocycles. The molecule has 0 radical (unpaired) electrons.